The Kier molecular flexibility index (Phi) is 6.44. The van der Waals surface area contributed by atoms with Crippen molar-refractivity contribution in [3.8, 4) is 0 Å². The standard InChI is InChI=1S/C17H26N4O.HI/c1-16(2)12-21(17(16,3)4)15(18-5)19-11-14(22)20-13-9-7-6-8-10-13;/h6-10H,11-12H2,1-5H3,(H,18,19)(H,20,22);1H. The van der Waals surface area contributed by atoms with E-state index in [1.165, 1.54) is 0 Å². The van der Waals surface area contributed by atoms with Gasteiger partial charge in [0.1, 0.15) is 0 Å². The number of carbonyl (C=O) groups excluding carboxylic acids is 1. The van der Waals surface area contributed by atoms with E-state index >= 15 is 0 Å². The lowest BCUT2D eigenvalue weighted by Gasteiger charge is -2.62. The Hall–Kier alpha value is -1.31. The van der Waals surface area contributed by atoms with Crippen molar-refractivity contribution >= 4 is 41.5 Å². The minimum absolute atomic E-state index is 0. The minimum atomic E-state index is -0.0788. The van der Waals surface area contributed by atoms with Crippen LogP contribution in [0.2, 0.25) is 0 Å². The summed E-state index contributed by atoms with van der Waals surface area (Å²) in [6, 6.07) is 9.45. The van der Waals surface area contributed by atoms with Crippen LogP contribution in [-0.4, -0.2) is 42.4 Å². The van der Waals surface area contributed by atoms with E-state index in [4.69, 9.17) is 0 Å². The number of benzene rings is 1. The number of aliphatic imine (C=N–C) groups is 1. The van der Waals surface area contributed by atoms with Gasteiger partial charge < -0.3 is 15.5 Å². The van der Waals surface area contributed by atoms with Crippen molar-refractivity contribution in [3.63, 3.8) is 0 Å². The number of nitrogens with one attached hydrogen (secondary N) is 2. The molecule has 1 fully saturated rings. The summed E-state index contributed by atoms with van der Waals surface area (Å²) in [4.78, 5) is 18.5. The van der Waals surface area contributed by atoms with Crippen molar-refractivity contribution in [3.05, 3.63) is 30.3 Å². The first kappa shape index (κ1) is 19.7. The molecule has 2 rings (SSSR count). The molecule has 1 aromatic carbocycles. The van der Waals surface area contributed by atoms with Gasteiger partial charge in [-0.25, -0.2) is 0 Å². The number of anilines is 1. The predicted molar refractivity (Wildman–Crippen MR) is 106 cm³/mol. The van der Waals surface area contributed by atoms with Crippen molar-refractivity contribution in [2.75, 3.05) is 25.5 Å². The topological polar surface area (TPSA) is 56.7 Å². The van der Waals surface area contributed by atoms with Gasteiger partial charge in [-0.1, -0.05) is 32.0 Å². The fourth-order valence-electron chi connectivity index (χ4n) is 2.58. The number of hydrogen-bond acceptors (Lipinski definition) is 2. The molecular formula is C17H27IN4O. The number of halogens is 1. The first-order chi connectivity index (χ1) is 10.3. The van der Waals surface area contributed by atoms with E-state index in [0.29, 0.717) is 0 Å². The summed E-state index contributed by atoms with van der Waals surface area (Å²) >= 11 is 0. The van der Waals surface area contributed by atoms with E-state index in [1.54, 1.807) is 7.05 Å². The third-order valence-corrected chi connectivity index (χ3v) is 4.82. The molecule has 2 N–H and O–H groups in total. The third-order valence-electron chi connectivity index (χ3n) is 4.82. The number of likely N-dealkylation sites (tertiary alicyclic amines) is 1. The molecule has 1 saturated heterocycles. The first-order valence-corrected chi connectivity index (χ1v) is 7.61. The molecule has 1 aliphatic rings. The predicted octanol–water partition coefficient (Wildman–Crippen LogP) is 2.94. The van der Waals surface area contributed by atoms with Crippen molar-refractivity contribution < 1.29 is 4.79 Å². The van der Waals surface area contributed by atoms with E-state index in [1.807, 2.05) is 30.3 Å². The Labute approximate surface area is 156 Å². The Bertz CT molecular complexity index is 569. The van der Waals surface area contributed by atoms with Crippen LogP contribution in [0.15, 0.2) is 35.3 Å². The second kappa shape index (κ2) is 7.51. The first-order valence-electron chi connectivity index (χ1n) is 7.61. The molecular weight excluding hydrogens is 403 g/mol. The number of rotatable bonds is 3. The lowest BCUT2D eigenvalue weighted by molar-refractivity contribution is -0.115. The van der Waals surface area contributed by atoms with Crippen molar-refractivity contribution in [1.82, 2.24) is 10.2 Å². The smallest absolute Gasteiger partial charge is 0.243 e. The molecule has 0 bridgehead atoms. The van der Waals surface area contributed by atoms with Gasteiger partial charge in [0.05, 0.1) is 6.54 Å². The largest absolute Gasteiger partial charge is 0.347 e. The molecule has 5 nitrogen and oxygen atoms in total. The Morgan fingerprint density at radius 2 is 1.83 bits per heavy atom. The highest BCUT2D eigenvalue weighted by Gasteiger charge is 2.53. The molecule has 1 amide bonds. The maximum absolute atomic E-state index is 12.0. The normalized spacial score (nSPS) is 18.5. The van der Waals surface area contributed by atoms with Gasteiger partial charge in [-0.05, 0) is 26.0 Å². The molecule has 0 atom stereocenters. The molecule has 128 valence electrons. The summed E-state index contributed by atoms with van der Waals surface area (Å²) in [5.74, 6) is 0.692. The van der Waals surface area contributed by atoms with Gasteiger partial charge in [-0.15, -0.1) is 24.0 Å². The van der Waals surface area contributed by atoms with Crippen LogP contribution in [0.5, 0.6) is 0 Å². The van der Waals surface area contributed by atoms with Gasteiger partial charge in [-0.3, -0.25) is 9.79 Å². The highest BCUT2D eigenvalue weighted by atomic mass is 127. The third kappa shape index (κ3) is 4.16. The summed E-state index contributed by atoms with van der Waals surface area (Å²) in [6.07, 6.45) is 0. The number of nitrogens with zero attached hydrogens (tertiary/aromatic N) is 2. The molecule has 1 heterocycles. The van der Waals surface area contributed by atoms with Gasteiger partial charge in [-0.2, -0.15) is 0 Å². The average molecular weight is 430 g/mol. The zero-order valence-corrected chi connectivity index (χ0v) is 16.8. The fourth-order valence-corrected chi connectivity index (χ4v) is 2.58. The number of guanidine groups is 1. The number of amides is 1. The van der Waals surface area contributed by atoms with E-state index in [2.05, 4.69) is 48.2 Å². The second-order valence-corrected chi connectivity index (χ2v) is 6.84. The number of para-hydroxylation sites is 1. The van der Waals surface area contributed by atoms with Gasteiger partial charge in [0.15, 0.2) is 5.96 Å². The Morgan fingerprint density at radius 1 is 1.22 bits per heavy atom. The van der Waals surface area contributed by atoms with Crippen LogP contribution < -0.4 is 10.6 Å². The molecule has 23 heavy (non-hydrogen) atoms. The van der Waals surface area contributed by atoms with Gasteiger partial charge in [0, 0.05) is 30.2 Å². The molecule has 1 aliphatic heterocycles. The quantitative estimate of drug-likeness (QED) is 0.441. The van der Waals surface area contributed by atoms with Crippen LogP contribution in [0.4, 0.5) is 5.69 Å². The molecule has 0 saturated carbocycles. The lowest BCUT2D eigenvalue weighted by atomic mass is 9.65. The van der Waals surface area contributed by atoms with Crippen LogP contribution in [0.1, 0.15) is 27.7 Å². The van der Waals surface area contributed by atoms with E-state index in [-0.39, 0.29) is 47.4 Å². The van der Waals surface area contributed by atoms with Gasteiger partial charge in [0.25, 0.3) is 0 Å². The molecule has 6 heteroatoms. The minimum Gasteiger partial charge on any atom is -0.347 e. The van der Waals surface area contributed by atoms with Crippen molar-refractivity contribution in [2.45, 2.75) is 33.2 Å². The maximum Gasteiger partial charge on any atom is 0.243 e. The van der Waals surface area contributed by atoms with Crippen molar-refractivity contribution in [1.29, 1.82) is 0 Å². The molecule has 1 aromatic rings. The lowest BCUT2D eigenvalue weighted by Crippen LogP contribution is -2.72. The monoisotopic (exact) mass is 430 g/mol. The van der Waals surface area contributed by atoms with E-state index in [0.717, 1.165) is 18.2 Å². The maximum atomic E-state index is 12.0. The van der Waals surface area contributed by atoms with Gasteiger partial charge in [0.2, 0.25) is 5.91 Å². The molecule has 0 spiro atoms. The summed E-state index contributed by atoms with van der Waals surface area (Å²) in [7, 11) is 1.75. The highest BCUT2D eigenvalue weighted by molar-refractivity contribution is 14.0. The molecule has 0 aliphatic carbocycles. The van der Waals surface area contributed by atoms with E-state index in [9.17, 15) is 4.79 Å². The fraction of sp³-hybridized carbons (Fsp3) is 0.529. The van der Waals surface area contributed by atoms with Crippen molar-refractivity contribution in [2.24, 2.45) is 10.4 Å². The Balaban J connectivity index is 0.00000264. The van der Waals surface area contributed by atoms with E-state index < -0.39 is 0 Å². The number of carbonyl (C=O) groups is 1. The second-order valence-electron chi connectivity index (χ2n) is 6.84. The summed E-state index contributed by atoms with van der Waals surface area (Å²) in [6.45, 7) is 10.0. The SMILES string of the molecule is CN=C(NCC(=O)Nc1ccccc1)N1CC(C)(C)C1(C)C.I. The van der Waals surface area contributed by atoms with Crippen LogP contribution in [0.25, 0.3) is 0 Å². The molecule has 0 radical (unpaired) electrons. The molecule has 0 unspecified atom stereocenters. The number of hydrogen-bond donors (Lipinski definition) is 2. The summed E-state index contributed by atoms with van der Waals surface area (Å²) in [5.41, 5.74) is 1.05. The molecule has 0 aromatic heterocycles. The summed E-state index contributed by atoms with van der Waals surface area (Å²) < 4.78 is 0. The highest BCUT2D eigenvalue weighted by Crippen LogP contribution is 2.46. The zero-order valence-electron chi connectivity index (χ0n) is 14.5. The average Bonchev–Trinajstić information content (AvgIpc) is 2.47. The van der Waals surface area contributed by atoms with Crippen LogP contribution in [0, 0.1) is 5.41 Å². The zero-order chi connectivity index (χ0) is 16.4. The van der Waals surface area contributed by atoms with Gasteiger partial charge >= 0.3 is 0 Å². The Morgan fingerprint density at radius 3 is 2.30 bits per heavy atom. The van der Waals surface area contributed by atoms with Crippen LogP contribution >= 0.6 is 24.0 Å². The van der Waals surface area contributed by atoms with Crippen LogP contribution in [-0.2, 0) is 4.79 Å². The van der Waals surface area contributed by atoms with Crippen LogP contribution in [0.3, 0.4) is 0 Å². The summed E-state index contributed by atoms with van der Waals surface area (Å²) in [5, 5.41) is 6.01.